The molecule has 0 saturated carbocycles. The number of hydrogen-bond donors (Lipinski definition) is 0. The highest BCUT2D eigenvalue weighted by Crippen LogP contribution is 2.13. The van der Waals surface area contributed by atoms with E-state index in [-0.39, 0.29) is 0 Å². The molecule has 0 bridgehead atoms. The number of ether oxygens (including phenoxy) is 3. The monoisotopic (exact) mass is 130 g/mol. The van der Waals surface area contributed by atoms with Crippen molar-refractivity contribution in [3.63, 3.8) is 0 Å². The molecule has 0 unspecified atom stereocenters. The molecule has 0 N–H and O–H groups in total. The molecule has 0 amide bonds. The van der Waals surface area contributed by atoms with Crippen LogP contribution in [0.2, 0.25) is 0 Å². The van der Waals surface area contributed by atoms with Crippen LogP contribution in [0.25, 0.3) is 0 Å². The third-order valence-corrected chi connectivity index (χ3v) is 1.60. The first-order valence-corrected chi connectivity index (χ1v) is 3.26. The van der Waals surface area contributed by atoms with E-state index in [1.165, 1.54) is 0 Å². The Morgan fingerprint density at radius 1 is 0.889 bits per heavy atom. The van der Waals surface area contributed by atoms with Crippen LogP contribution in [0.3, 0.4) is 0 Å². The minimum absolute atomic E-state index is 0.360. The highest BCUT2D eigenvalue weighted by Gasteiger charge is 2.27. The van der Waals surface area contributed by atoms with Crippen molar-refractivity contribution in [2.24, 2.45) is 0 Å². The van der Waals surface area contributed by atoms with E-state index >= 15 is 0 Å². The molecule has 2 rings (SSSR count). The largest absolute Gasteiger partial charge is 0.376 e. The number of rotatable bonds is 2. The van der Waals surface area contributed by atoms with Gasteiger partial charge in [-0.3, -0.25) is 0 Å². The number of hydrogen-bond acceptors (Lipinski definition) is 3. The Balaban J connectivity index is 1.64. The minimum Gasteiger partial charge on any atom is -0.376 e. The Labute approximate surface area is 53.9 Å². The van der Waals surface area contributed by atoms with Crippen molar-refractivity contribution in [1.29, 1.82) is 0 Å². The molecular formula is C6H10O3. The fourth-order valence-electron chi connectivity index (χ4n) is 0.857. The summed E-state index contributed by atoms with van der Waals surface area (Å²) in [6.45, 7) is 3.10. The summed E-state index contributed by atoms with van der Waals surface area (Å²) in [5, 5.41) is 0. The zero-order valence-electron chi connectivity index (χ0n) is 5.21. The second kappa shape index (κ2) is 2.25. The maximum Gasteiger partial charge on any atom is 0.105 e. The average molecular weight is 130 g/mol. The van der Waals surface area contributed by atoms with Gasteiger partial charge in [-0.2, -0.15) is 0 Å². The van der Waals surface area contributed by atoms with Crippen LogP contribution in [-0.4, -0.2) is 38.6 Å². The van der Waals surface area contributed by atoms with Crippen molar-refractivity contribution in [2.75, 3.05) is 26.4 Å². The van der Waals surface area contributed by atoms with E-state index < -0.39 is 0 Å². The summed E-state index contributed by atoms with van der Waals surface area (Å²) in [6, 6.07) is 0. The van der Waals surface area contributed by atoms with Gasteiger partial charge in [0, 0.05) is 0 Å². The van der Waals surface area contributed by atoms with Crippen LogP contribution in [0.15, 0.2) is 0 Å². The first-order chi connectivity index (χ1) is 4.45. The summed E-state index contributed by atoms with van der Waals surface area (Å²) >= 11 is 0. The van der Waals surface area contributed by atoms with Gasteiger partial charge >= 0.3 is 0 Å². The Hall–Kier alpha value is -0.120. The molecule has 0 atom stereocenters. The molecular weight excluding hydrogens is 120 g/mol. The molecule has 0 aliphatic carbocycles. The molecule has 9 heavy (non-hydrogen) atoms. The summed E-state index contributed by atoms with van der Waals surface area (Å²) in [4.78, 5) is 0. The van der Waals surface area contributed by atoms with Gasteiger partial charge in [0.25, 0.3) is 0 Å². The van der Waals surface area contributed by atoms with Crippen LogP contribution in [0.1, 0.15) is 0 Å². The molecule has 2 aliphatic rings. The second-order valence-electron chi connectivity index (χ2n) is 2.46. The molecule has 2 aliphatic heterocycles. The van der Waals surface area contributed by atoms with Gasteiger partial charge in [-0.25, -0.2) is 0 Å². The van der Waals surface area contributed by atoms with Crippen molar-refractivity contribution in [2.45, 2.75) is 12.2 Å². The quantitative estimate of drug-likeness (QED) is 0.518. The minimum atomic E-state index is 0.360. The van der Waals surface area contributed by atoms with Gasteiger partial charge in [-0.15, -0.1) is 0 Å². The van der Waals surface area contributed by atoms with Crippen LogP contribution < -0.4 is 0 Å². The molecule has 2 heterocycles. The fourth-order valence-corrected chi connectivity index (χ4v) is 0.857. The van der Waals surface area contributed by atoms with E-state index in [4.69, 9.17) is 14.2 Å². The molecule has 0 aromatic rings. The Morgan fingerprint density at radius 2 is 1.33 bits per heavy atom. The van der Waals surface area contributed by atoms with E-state index in [0.717, 1.165) is 26.4 Å². The summed E-state index contributed by atoms with van der Waals surface area (Å²) < 4.78 is 15.3. The molecule has 52 valence electrons. The molecule has 2 fully saturated rings. The van der Waals surface area contributed by atoms with Gasteiger partial charge in [-0.1, -0.05) is 0 Å². The lowest BCUT2D eigenvalue weighted by molar-refractivity contribution is -0.212. The zero-order chi connectivity index (χ0) is 6.10. The summed E-state index contributed by atoms with van der Waals surface area (Å²) in [6.07, 6.45) is 0.720. The lowest BCUT2D eigenvalue weighted by Gasteiger charge is -2.34. The van der Waals surface area contributed by atoms with Gasteiger partial charge in [0.05, 0.1) is 26.4 Å². The molecule has 0 spiro atoms. The zero-order valence-corrected chi connectivity index (χ0v) is 5.21. The highest BCUT2D eigenvalue weighted by molar-refractivity contribution is 4.71. The standard InChI is InChI=1S/C6H10O3/c1-5(2-7-1)9-6-3-8-4-6/h5-6H,1-4H2. The van der Waals surface area contributed by atoms with E-state index in [0.29, 0.717) is 12.2 Å². The predicted molar refractivity (Wildman–Crippen MR) is 30.3 cm³/mol. The highest BCUT2D eigenvalue weighted by atomic mass is 16.6. The van der Waals surface area contributed by atoms with Crippen molar-refractivity contribution in [1.82, 2.24) is 0 Å². The van der Waals surface area contributed by atoms with Crippen molar-refractivity contribution in [3.05, 3.63) is 0 Å². The van der Waals surface area contributed by atoms with Crippen LogP contribution in [0.5, 0.6) is 0 Å². The third-order valence-electron chi connectivity index (χ3n) is 1.60. The van der Waals surface area contributed by atoms with Gasteiger partial charge in [0.2, 0.25) is 0 Å². The van der Waals surface area contributed by atoms with Crippen LogP contribution in [-0.2, 0) is 14.2 Å². The SMILES string of the molecule is C1OCC1OC1COC1. The first kappa shape index (κ1) is 5.65. The van der Waals surface area contributed by atoms with Gasteiger partial charge in [0.1, 0.15) is 12.2 Å². The lowest BCUT2D eigenvalue weighted by Crippen LogP contribution is -2.45. The maximum atomic E-state index is 5.47. The molecule has 0 aromatic heterocycles. The lowest BCUT2D eigenvalue weighted by atomic mass is 10.3. The smallest absolute Gasteiger partial charge is 0.105 e. The van der Waals surface area contributed by atoms with Crippen molar-refractivity contribution >= 4 is 0 Å². The predicted octanol–water partition coefficient (Wildman–Crippen LogP) is -0.199. The van der Waals surface area contributed by atoms with E-state index in [9.17, 15) is 0 Å². The molecule has 2 saturated heterocycles. The first-order valence-electron chi connectivity index (χ1n) is 3.26. The molecule has 3 nitrogen and oxygen atoms in total. The molecule has 0 radical (unpaired) electrons. The normalized spacial score (nSPS) is 29.3. The van der Waals surface area contributed by atoms with E-state index in [1.807, 2.05) is 0 Å². The van der Waals surface area contributed by atoms with Crippen LogP contribution in [0, 0.1) is 0 Å². The van der Waals surface area contributed by atoms with E-state index in [1.54, 1.807) is 0 Å². The molecule has 3 heteroatoms. The van der Waals surface area contributed by atoms with Crippen LogP contribution in [0.4, 0.5) is 0 Å². The summed E-state index contributed by atoms with van der Waals surface area (Å²) in [5.74, 6) is 0. The Bertz CT molecular complexity index is 84.5. The van der Waals surface area contributed by atoms with Gasteiger partial charge < -0.3 is 14.2 Å². The average Bonchev–Trinajstić information content (AvgIpc) is 1.57. The van der Waals surface area contributed by atoms with E-state index in [2.05, 4.69) is 0 Å². The summed E-state index contributed by atoms with van der Waals surface area (Å²) in [7, 11) is 0. The fraction of sp³-hybridized carbons (Fsp3) is 1.00. The third kappa shape index (κ3) is 1.08. The molecule has 0 aromatic carbocycles. The Kier molecular flexibility index (Phi) is 1.41. The van der Waals surface area contributed by atoms with Crippen LogP contribution >= 0.6 is 0 Å². The Morgan fingerprint density at radius 3 is 1.56 bits per heavy atom. The maximum absolute atomic E-state index is 5.47. The topological polar surface area (TPSA) is 27.7 Å². The second-order valence-corrected chi connectivity index (χ2v) is 2.46. The van der Waals surface area contributed by atoms with Gasteiger partial charge in [0.15, 0.2) is 0 Å². The van der Waals surface area contributed by atoms with Crippen molar-refractivity contribution in [3.8, 4) is 0 Å². The van der Waals surface area contributed by atoms with Crippen molar-refractivity contribution < 1.29 is 14.2 Å². The van der Waals surface area contributed by atoms with Gasteiger partial charge in [-0.05, 0) is 0 Å². The summed E-state index contributed by atoms with van der Waals surface area (Å²) in [5.41, 5.74) is 0.